The number of nitrogens with two attached hydrogens (primary N) is 1. The summed E-state index contributed by atoms with van der Waals surface area (Å²) in [5.41, 5.74) is 6.08. The summed E-state index contributed by atoms with van der Waals surface area (Å²) in [6.07, 6.45) is 7.23. The zero-order valence-electron chi connectivity index (χ0n) is 12.5. The monoisotopic (exact) mass is 303 g/mol. The summed E-state index contributed by atoms with van der Waals surface area (Å²) in [5, 5.41) is 11.3. The number of primary amides is 1. The maximum Gasteiger partial charge on any atom is 0.274 e. The van der Waals surface area contributed by atoms with Crippen LogP contribution in [0.15, 0.2) is 18.2 Å². The summed E-state index contributed by atoms with van der Waals surface area (Å²) in [5.74, 6) is -0.635. The van der Waals surface area contributed by atoms with E-state index in [0.29, 0.717) is 24.2 Å². The first-order chi connectivity index (χ1) is 10.6. The van der Waals surface area contributed by atoms with Crippen molar-refractivity contribution >= 4 is 11.6 Å². The number of carbonyl (C=O) groups excluding carboxylic acids is 1. The van der Waals surface area contributed by atoms with Crippen LogP contribution in [0, 0.1) is 10.1 Å². The smallest absolute Gasteiger partial charge is 0.274 e. The van der Waals surface area contributed by atoms with Gasteiger partial charge in [0.05, 0.1) is 4.92 Å². The first kappa shape index (κ1) is 15.0. The van der Waals surface area contributed by atoms with E-state index in [-0.39, 0.29) is 11.3 Å². The lowest BCUT2D eigenvalue weighted by Gasteiger charge is -2.28. The predicted molar refractivity (Wildman–Crippen MR) is 82.4 cm³/mol. The normalized spacial score (nSPS) is 18.8. The van der Waals surface area contributed by atoms with E-state index in [2.05, 4.69) is 4.90 Å². The second-order valence-electron chi connectivity index (χ2n) is 6.31. The van der Waals surface area contributed by atoms with E-state index in [4.69, 9.17) is 5.73 Å². The lowest BCUT2D eigenvalue weighted by molar-refractivity contribution is -0.385. The SMILES string of the molecule is NC(=O)c1ccc(CN(C2CCCC2)C2CC2)c([N+](=O)[O-])c1. The van der Waals surface area contributed by atoms with Crippen LogP contribution in [0.1, 0.15) is 54.4 Å². The molecule has 0 aliphatic heterocycles. The Morgan fingerprint density at radius 2 is 1.86 bits per heavy atom. The molecule has 2 aliphatic carbocycles. The van der Waals surface area contributed by atoms with Gasteiger partial charge in [-0.05, 0) is 31.7 Å². The van der Waals surface area contributed by atoms with E-state index in [1.165, 1.54) is 44.6 Å². The molecule has 22 heavy (non-hydrogen) atoms. The van der Waals surface area contributed by atoms with Crippen molar-refractivity contribution in [3.8, 4) is 0 Å². The first-order valence-corrected chi connectivity index (χ1v) is 7.89. The molecule has 0 aromatic heterocycles. The zero-order valence-corrected chi connectivity index (χ0v) is 12.5. The van der Waals surface area contributed by atoms with Crippen molar-refractivity contribution in [3.05, 3.63) is 39.4 Å². The van der Waals surface area contributed by atoms with Crippen LogP contribution in [0.25, 0.3) is 0 Å². The largest absolute Gasteiger partial charge is 0.366 e. The van der Waals surface area contributed by atoms with E-state index < -0.39 is 10.8 Å². The van der Waals surface area contributed by atoms with Crippen LogP contribution in [0.3, 0.4) is 0 Å². The van der Waals surface area contributed by atoms with Gasteiger partial charge in [-0.3, -0.25) is 19.8 Å². The fourth-order valence-corrected chi connectivity index (χ4v) is 3.42. The molecule has 2 aliphatic rings. The van der Waals surface area contributed by atoms with Crippen molar-refractivity contribution < 1.29 is 9.72 Å². The van der Waals surface area contributed by atoms with Crippen LogP contribution in [0.4, 0.5) is 5.69 Å². The molecular formula is C16H21N3O3. The van der Waals surface area contributed by atoms with Gasteiger partial charge < -0.3 is 5.73 Å². The van der Waals surface area contributed by atoms with Crippen LogP contribution in [0.5, 0.6) is 0 Å². The number of benzene rings is 1. The number of nitro benzene ring substituents is 1. The van der Waals surface area contributed by atoms with E-state index in [1.807, 2.05) is 0 Å². The Morgan fingerprint density at radius 1 is 1.23 bits per heavy atom. The number of nitro groups is 1. The van der Waals surface area contributed by atoms with Crippen LogP contribution in [-0.4, -0.2) is 27.8 Å². The quantitative estimate of drug-likeness (QED) is 0.646. The summed E-state index contributed by atoms with van der Waals surface area (Å²) in [6.45, 7) is 0.588. The van der Waals surface area contributed by atoms with E-state index in [9.17, 15) is 14.9 Å². The van der Waals surface area contributed by atoms with Gasteiger partial charge in [0.25, 0.3) is 5.69 Å². The third-order valence-corrected chi connectivity index (χ3v) is 4.73. The molecule has 118 valence electrons. The van der Waals surface area contributed by atoms with Crippen molar-refractivity contribution in [1.82, 2.24) is 4.90 Å². The molecule has 1 aromatic carbocycles. The standard InChI is InChI=1S/C16H21N3O3/c17-16(20)11-5-6-12(15(9-11)19(21)22)10-18(14-7-8-14)13-3-1-2-4-13/h5-6,9,13-14H,1-4,7-8,10H2,(H2,17,20). The van der Waals surface area contributed by atoms with E-state index >= 15 is 0 Å². The highest BCUT2D eigenvalue weighted by atomic mass is 16.6. The number of hydrogen-bond donors (Lipinski definition) is 1. The highest BCUT2D eigenvalue weighted by Crippen LogP contribution is 2.36. The predicted octanol–water partition coefficient (Wildman–Crippen LogP) is 2.60. The maximum absolute atomic E-state index is 11.3. The molecule has 0 bridgehead atoms. The van der Waals surface area contributed by atoms with Crippen molar-refractivity contribution in [2.24, 2.45) is 5.73 Å². The number of carbonyl (C=O) groups is 1. The Hall–Kier alpha value is -1.95. The van der Waals surface area contributed by atoms with E-state index in [1.54, 1.807) is 12.1 Å². The minimum atomic E-state index is -0.635. The molecule has 1 amide bonds. The van der Waals surface area contributed by atoms with Gasteiger partial charge in [-0.2, -0.15) is 0 Å². The molecule has 0 saturated heterocycles. The van der Waals surface area contributed by atoms with Gasteiger partial charge in [0.1, 0.15) is 0 Å². The highest BCUT2D eigenvalue weighted by molar-refractivity contribution is 5.93. The second kappa shape index (κ2) is 6.04. The molecule has 0 spiro atoms. The van der Waals surface area contributed by atoms with Crippen molar-refractivity contribution in [3.63, 3.8) is 0 Å². The van der Waals surface area contributed by atoms with Crippen LogP contribution in [-0.2, 0) is 6.54 Å². The average molecular weight is 303 g/mol. The number of nitrogens with zero attached hydrogens (tertiary/aromatic N) is 2. The third kappa shape index (κ3) is 3.11. The average Bonchev–Trinajstić information content (AvgIpc) is 3.18. The number of amides is 1. The third-order valence-electron chi connectivity index (χ3n) is 4.73. The molecule has 2 fully saturated rings. The molecule has 2 saturated carbocycles. The lowest BCUT2D eigenvalue weighted by Crippen LogP contribution is -2.34. The molecule has 1 aromatic rings. The van der Waals surface area contributed by atoms with Gasteiger partial charge >= 0.3 is 0 Å². The summed E-state index contributed by atoms with van der Waals surface area (Å²) in [6, 6.07) is 5.69. The second-order valence-corrected chi connectivity index (χ2v) is 6.31. The number of hydrogen-bond acceptors (Lipinski definition) is 4. The Bertz CT molecular complexity index is 592. The molecule has 0 unspecified atom stereocenters. The molecule has 0 atom stereocenters. The molecule has 6 heteroatoms. The van der Waals surface area contributed by atoms with Gasteiger partial charge in [-0.1, -0.05) is 18.9 Å². The molecule has 2 N–H and O–H groups in total. The summed E-state index contributed by atoms with van der Waals surface area (Å²) in [7, 11) is 0. The molecule has 6 nitrogen and oxygen atoms in total. The molecule has 0 radical (unpaired) electrons. The van der Waals surface area contributed by atoms with Gasteiger partial charge in [0.2, 0.25) is 5.91 Å². The van der Waals surface area contributed by atoms with Gasteiger partial charge in [-0.15, -0.1) is 0 Å². The van der Waals surface area contributed by atoms with Crippen LogP contribution in [0.2, 0.25) is 0 Å². The van der Waals surface area contributed by atoms with Gasteiger partial charge in [-0.25, -0.2) is 0 Å². The Kier molecular flexibility index (Phi) is 4.11. The van der Waals surface area contributed by atoms with Gasteiger partial charge in [0, 0.05) is 35.8 Å². The fourth-order valence-electron chi connectivity index (χ4n) is 3.42. The van der Waals surface area contributed by atoms with Crippen molar-refractivity contribution in [2.45, 2.75) is 57.2 Å². The summed E-state index contributed by atoms with van der Waals surface area (Å²) >= 11 is 0. The first-order valence-electron chi connectivity index (χ1n) is 7.89. The minimum absolute atomic E-state index is 0.0000491. The molecular weight excluding hydrogens is 282 g/mol. The zero-order chi connectivity index (χ0) is 15.7. The van der Waals surface area contributed by atoms with Crippen molar-refractivity contribution in [1.29, 1.82) is 0 Å². The number of rotatable bonds is 6. The topological polar surface area (TPSA) is 89.5 Å². The van der Waals surface area contributed by atoms with Crippen LogP contribution < -0.4 is 5.73 Å². The summed E-state index contributed by atoms with van der Waals surface area (Å²) in [4.78, 5) is 24.6. The molecule has 3 rings (SSSR count). The van der Waals surface area contributed by atoms with Crippen molar-refractivity contribution in [2.75, 3.05) is 0 Å². The summed E-state index contributed by atoms with van der Waals surface area (Å²) < 4.78 is 0. The molecule has 0 heterocycles. The Balaban J connectivity index is 1.86. The van der Waals surface area contributed by atoms with E-state index in [0.717, 1.165) is 0 Å². The highest BCUT2D eigenvalue weighted by Gasteiger charge is 2.36. The van der Waals surface area contributed by atoms with Gasteiger partial charge in [0.15, 0.2) is 0 Å². The maximum atomic E-state index is 11.3. The van der Waals surface area contributed by atoms with Crippen LogP contribution >= 0.6 is 0 Å². The minimum Gasteiger partial charge on any atom is -0.366 e. The Labute approximate surface area is 129 Å². The lowest BCUT2D eigenvalue weighted by atomic mass is 10.1. The fraction of sp³-hybridized carbons (Fsp3) is 0.562. The Morgan fingerprint density at radius 3 is 2.41 bits per heavy atom.